The highest BCUT2D eigenvalue weighted by Gasteiger charge is 2.33. The fourth-order valence-electron chi connectivity index (χ4n) is 1.69. The van der Waals surface area contributed by atoms with Gasteiger partial charge in [0.05, 0.1) is 11.1 Å². The Morgan fingerprint density at radius 3 is 2.72 bits per heavy atom. The molecule has 5 heteroatoms. The van der Waals surface area contributed by atoms with Gasteiger partial charge >= 0.3 is 5.97 Å². The SMILES string of the molecule is Cc1nc(-c2cccnc2)sc1C(C)(C)C(=O)O. The Kier molecular flexibility index (Phi) is 3.17. The predicted molar refractivity (Wildman–Crippen MR) is 70.7 cm³/mol. The summed E-state index contributed by atoms with van der Waals surface area (Å²) in [5.41, 5.74) is 0.770. The summed E-state index contributed by atoms with van der Waals surface area (Å²) in [4.78, 5) is 20.6. The van der Waals surface area contributed by atoms with Crippen LogP contribution in [0.1, 0.15) is 24.4 Å². The van der Waals surface area contributed by atoms with Crippen LogP contribution in [0, 0.1) is 6.92 Å². The molecule has 2 rings (SSSR count). The van der Waals surface area contributed by atoms with E-state index in [0.717, 1.165) is 21.1 Å². The first kappa shape index (κ1) is 12.7. The van der Waals surface area contributed by atoms with Crippen LogP contribution in [0.25, 0.3) is 10.6 Å². The summed E-state index contributed by atoms with van der Waals surface area (Å²) in [6.45, 7) is 5.24. The molecule has 2 aromatic rings. The number of pyridine rings is 1. The Balaban J connectivity index is 2.49. The highest BCUT2D eigenvalue weighted by Crippen LogP contribution is 2.35. The first-order chi connectivity index (χ1) is 8.43. The van der Waals surface area contributed by atoms with E-state index < -0.39 is 11.4 Å². The van der Waals surface area contributed by atoms with Crippen molar-refractivity contribution in [1.29, 1.82) is 0 Å². The summed E-state index contributed by atoms with van der Waals surface area (Å²) in [7, 11) is 0. The lowest BCUT2D eigenvalue weighted by atomic mass is 9.91. The van der Waals surface area contributed by atoms with Crippen molar-refractivity contribution < 1.29 is 9.90 Å². The van der Waals surface area contributed by atoms with Gasteiger partial charge in [-0.3, -0.25) is 9.78 Å². The Labute approximate surface area is 109 Å². The van der Waals surface area contributed by atoms with Gasteiger partial charge in [0.1, 0.15) is 5.01 Å². The topological polar surface area (TPSA) is 63.1 Å². The highest BCUT2D eigenvalue weighted by atomic mass is 32.1. The average Bonchev–Trinajstić information content (AvgIpc) is 2.73. The number of aryl methyl sites for hydroxylation is 1. The van der Waals surface area contributed by atoms with Gasteiger partial charge in [0.25, 0.3) is 0 Å². The van der Waals surface area contributed by atoms with E-state index >= 15 is 0 Å². The molecule has 0 saturated heterocycles. The van der Waals surface area contributed by atoms with E-state index in [4.69, 9.17) is 0 Å². The number of aromatic nitrogens is 2. The Morgan fingerprint density at radius 2 is 2.17 bits per heavy atom. The third kappa shape index (κ3) is 2.13. The fraction of sp³-hybridized carbons (Fsp3) is 0.308. The van der Waals surface area contributed by atoms with Crippen molar-refractivity contribution in [1.82, 2.24) is 9.97 Å². The molecule has 1 N–H and O–H groups in total. The minimum Gasteiger partial charge on any atom is -0.481 e. The standard InChI is InChI=1S/C13H14N2O2S/c1-8-10(13(2,3)12(16)17)18-11(15-8)9-5-4-6-14-7-9/h4-7H,1-3H3,(H,16,17). The lowest BCUT2D eigenvalue weighted by molar-refractivity contribution is -0.142. The molecule has 0 radical (unpaired) electrons. The summed E-state index contributed by atoms with van der Waals surface area (Å²) < 4.78 is 0. The van der Waals surface area contributed by atoms with Gasteiger partial charge in [-0.15, -0.1) is 11.3 Å². The number of hydrogen-bond acceptors (Lipinski definition) is 4. The van der Waals surface area contributed by atoms with E-state index in [-0.39, 0.29) is 0 Å². The van der Waals surface area contributed by atoms with Gasteiger partial charge in [-0.05, 0) is 32.9 Å². The van der Waals surface area contributed by atoms with Crippen LogP contribution in [-0.4, -0.2) is 21.0 Å². The second kappa shape index (κ2) is 4.49. The molecule has 2 heterocycles. The molecule has 0 spiro atoms. The van der Waals surface area contributed by atoms with Crippen molar-refractivity contribution in [3.05, 3.63) is 35.1 Å². The smallest absolute Gasteiger partial charge is 0.314 e. The molecule has 0 amide bonds. The van der Waals surface area contributed by atoms with Crippen molar-refractivity contribution in [2.24, 2.45) is 0 Å². The van der Waals surface area contributed by atoms with E-state index in [0.29, 0.717) is 0 Å². The van der Waals surface area contributed by atoms with Gasteiger partial charge < -0.3 is 5.11 Å². The predicted octanol–water partition coefficient (Wildman–Crippen LogP) is 2.88. The van der Waals surface area contributed by atoms with Crippen LogP contribution in [0.5, 0.6) is 0 Å². The van der Waals surface area contributed by atoms with Crippen LogP contribution in [0.2, 0.25) is 0 Å². The first-order valence-electron chi connectivity index (χ1n) is 5.54. The molecule has 0 aliphatic rings. The third-order valence-electron chi connectivity index (χ3n) is 2.81. The first-order valence-corrected chi connectivity index (χ1v) is 6.36. The van der Waals surface area contributed by atoms with Crippen LogP contribution < -0.4 is 0 Å². The van der Waals surface area contributed by atoms with Crippen LogP contribution in [0.4, 0.5) is 0 Å². The van der Waals surface area contributed by atoms with E-state index in [2.05, 4.69) is 9.97 Å². The van der Waals surface area contributed by atoms with Crippen LogP contribution in [-0.2, 0) is 10.2 Å². The number of hydrogen-bond donors (Lipinski definition) is 1. The molecular formula is C13H14N2O2S. The number of thiazole rings is 1. The van der Waals surface area contributed by atoms with E-state index in [1.807, 2.05) is 19.1 Å². The van der Waals surface area contributed by atoms with Gasteiger partial charge in [-0.25, -0.2) is 4.98 Å². The monoisotopic (exact) mass is 262 g/mol. The number of carboxylic acids is 1. The summed E-state index contributed by atoms with van der Waals surface area (Å²) in [5, 5.41) is 10.1. The maximum atomic E-state index is 11.3. The van der Waals surface area contributed by atoms with Gasteiger partial charge in [0.2, 0.25) is 0 Å². The van der Waals surface area contributed by atoms with Crippen molar-refractivity contribution in [2.75, 3.05) is 0 Å². The Bertz CT molecular complexity index is 576. The lowest BCUT2D eigenvalue weighted by Gasteiger charge is -2.17. The molecule has 0 atom stereocenters. The summed E-state index contributed by atoms with van der Waals surface area (Å²) in [6.07, 6.45) is 3.43. The zero-order valence-corrected chi connectivity index (χ0v) is 11.3. The van der Waals surface area contributed by atoms with Crippen LogP contribution >= 0.6 is 11.3 Å². The van der Waals surface area contributed by atoms with Gasteiger partial charge in [0, 0.05) is 22.8 Å². The molecule has 0 saturated carbocycles. The number of nitrogens with zero attached hydrogens (tertiary/aromatic N) is 2. The molecule has 94 valence electrons. The van der Waals surface area contributed by atoms with E-state index in [1.54, 1.807) is 26.2 Å². The minimum absolute atomic E-state index is 0.770. The summed E-state index contributed by atoms with van der Waals surface area (Å²) >= 11 is 1.42. The van der Waals surface area contributed by atoms with Crippen molar-refractivity contribution in [2.45, 2.75) is 26.2 Å². The normalized spacial score (nSPS) is 11.5. The van der Waals surface area contributed by atoms with Crippen LogP contribution in [0.15, 0.2) is 24.5 Å². The maximum absolute atomic E-state index is 11.3. The van der Waals surface area contributed by atoms with Crippen molar-refractivity contribution in [3.8, 4) is 10.6 Å². The number of rotatable bonds is 3. The minimum atomic E-state index is -0.914. The molecular weight excluding hydrogens is 248 g/mol. The van der Waals surface area contributed by atoms with Crippen LogP contribution in [0.3, 0.4) is 0 Å². The molecule has 0 aliphatic carbocycles. The molecule has 0 aromatic carbocycles. The summed E-state index contributed by atoms with van der Waals surface area (Å²) in [6, 6.07) is 3.76. The number of carbonyl (C=O) groups is 1. The molecule has 2 aromatic heterocycles. The molecule has 0 aliphatic heterocycles. The molecule has 0 bridgehead atoms. The van der Waals surface area contributed by atoms with Crippen molar-refractivity contribution in [3.63, 3.8) is 0 Å². The molecule has 0 fully saturated rings. The Morgan fingerprint density at radius 1 is 1.44 bits per heavy atom. The summed E-state index contributed by atoms with van der Waals surface area (Å²) in [5.74, 6) is -0.841. The second-order valence-electron chi connectivity index (χ2n) is 4.61. The molecule has 4 nitrogen and oxygen atoms in total. The molecule has 18 heavy (non-hydrogen) atoms. The largest absolute Gasteiger partial charge is 0.481 e. The second-order valence-corrected chi connectivity index (χ2v) is 5.60. The molecule has 0 unspecified atom stereocenters. The van der Waals surface area contributed by atoms with Gasteiger partial charge in [0.15, 0.2) is 0 Å². The maximum Gasteiger partial charge on any atom is 0.314 e. The number of carboxylic acid groups (broad SMARTS) is 1. The zero-order valence-electron chi connectivity index (χ0n) is 10.5. The fourth-order valence-corrected chi connectivity index (χ4v) is 2.84. The lowest BCUT2D eigenvalue weighted by Crippen LogP contribution is -2.28. The van der Waals surface area contributed by atoms with E-state index in [9.17, 15) is 9.90 Å². The van der Waals surface area contributed by atoms with Gasteiger partial charge in [-0.1, -0.05) is 0 Å². The van der Waals surface area contributed by atoms with E-state index in [1.165, 1.54) is 11.3 Å². The highest BCUT2D eigenvalue weighted by molar-refractivity contribution is 7.15. The third-order valence-corrected chi connectivity index (χ3v) is 4.34. The average molecular weight is 262 g/mol. The quantitative estimate of drug-likeness (QED) is 0.923. The zero-order chi connectivity index (χ0) is 13.3. The number of aliphatic carboxylic acids is 1. The Hall–Kier alpha value is -1.75. The van der Waals surface area contributed by atoms with Gasteiger partial charge in [-0.2, -0.15) is 0 Å². The van der Waals surface area contributed by atoms with Crippen molar-refractivity contribution >= 4 is 17.3 Å².